The van der Waals surface area contributed by atoms with E-state index in [1.807, 2.05) is 24.3 Å². The first-order chi connectivity index (χ1) is 15.7. The van der Waals surface area contributed by atoms with Crippen LogP contribution in [0.2, 0.25) is 0 Å². The molecule has 0 spiro atoms. The third-order valence-electron chi connectivity index (χ3n) is 6.00. The van der Waals surface area contributed by atoms with E-state index >= 15 is 0 Å². The van der Waals surface area contributed by atoms with Crippen LogP contribution in [0.5, 0.6) is 5.88 Å². The van der Waals surface area contributed by atoms with Crippen molar-refractivity contribution in [3.8, 4) is 17.3 Å². The summed E-state index contributed by atoms with van der Waals surface area (Å²) in [5.74, 6) is 1.24. The fourth-order valence-electron chi connectivity index (χ4n) is 4.34. The number of aromatic nitrogens is 3. The van der Waals surface area contributed by atoms with E-state index in [0.717, 1.165) is 55.1 Å². The van der Waals surface area contributed by atoms with E-state index in [9.17, 15) is 4.79 Å². The summed E-state index contributed by atoms with van der Waals surface area (Å²) in [5.41, 5.74) is 3.42. The van der Waals surface area contributed by atoms with Crippen LogP contribution in [0, 0.1) is 0 Å². The molecule has 0 saturated carbocycles. The Balaban J connectivity index is 1.32. The zero-order chi connectivity index (χ0) is 21.5. The third-order valence-corrected chi connectivity index (χ3v) is 6.00. The normalized spacial score (nSPS) is 19.1. The number of fused-ring (bicyclic) bond motifs is 2. The standard InChI is InChI=1S/C23H23N5O4/c29-22-6-4-15(25-22)14-31-23-7-5-21-24-13-18(28(21)26-23)20-12-16-17(2-1-3-19(16)32-20)27-8-10-30-11-9-27/h1-3,5,7,12-13,15H,4,6,8-11,14H2,(H,25,29)/t15-/m1/s1. The largest absolute Gasteiger partial charge is 0.474 e. The third kappa shape index (κ3) is 3.44. The summed E-state index contributed by atoms with van der Waals surface area (Å²) >= 11 is 0. The number of nitrogens with zero attached hydrogens (tertiary/aromatic N) is 4. The molecular formula is C23H23N5O4. The van der Waals surface area contributed by atoms with E-state index < -0.39 is 0 Å². The molecule has 1 atom stereocenters. The van der Waals surface area contributed by atoms with Crippen molar-refractivity contribution in [2.75, 3.05) is 37.8 Å². The van der Waals surface area contributed by atoms with E-state index in [4.69, 9.17) is 13.9 Å². The van der Waals surface area contributed by atoms with Crippen molar-refractivity contribution < 1.29 is 18.7 Å². The second-order valence-corrected chi connectivity index (χ2v) is 8.10. The van der Waals surface area contributed by atoms with Gasteiger partial charge in [0.1, 0.15) is 17.9 Å². The van der Waals surface area contributed by atoms with Gasteiger partial charge in [-0.1, -0.05) is 6.07 Å². The SMILES string of the molecule is O=C1CC[C@H](COc2ccc3ncc(-c4cc5c(N6CCOCC6)cccc5o4)n3n2)N1. The number of hydrogen-bond donors (Lipinski definition) is 1. The van der Waals surface area contributed by atoms with Gasteiger partial charge in [-0.3, -0.25) is 4.79 Å². The van der Waals surface area contributed by atoms with Crippen molar-refractivity contribution in [1.29, 1.82) is 0 Å². The average molecular weight is 433 g/mol. The number of ether oxygens (including phenoxy) is 2. The van der Waals surface area contributed by atoms with Crippen LogP contribution < -0.4 is 15.0 Å². The van der Waals surface area contributed by atoms with E-state index in [1.54, 1.807) is 16.8 Å². The maximum absolute atomic E-state index is 11.4. The molecule has 2 aliphatic heterocycles. The van der Waals surface area contributed by atoms with Gasteiger partial charge in [0.05, 0.1) is 25.5 Å². The topological polar surface area (TPSA) is 94.1 Å². The smallest absolute Gasteiger partial charge is 0.231 e. The monoisotopic (exact) mass is 433 g/mol. The van der Waals surface area contributed by atoms with Gasteiger partial charge in [0, 0.05) is 36.7 Å². The zero-order valence-electron chi connectivity index (χ0n) is 17.5. The van der Waals surface area contributed by atoms with Crippen LogP contribution in [-0.4, -0.2) is 59.5 Å². The lowest BCUT2D eigenvalue weighted by Crippen LogP contribution is -2.36. The van der Waals surface area contributed by atoms with E-state index in [0.29, 0.717) is 30.3 Å². The number of anilines is 1. The molecule has 1 amide bonds. The quantitative estimate of drug-likeness (QED) is 0.517. The lowest BCUT2D eigenvalue weighted by Gasteiger charge is -2.29. The minimum atomic E-state index is 0.0243. The summed E-state index contributed by atoms with van der Waals surface area (Å²) in [6, 6.07) is 11.8. The van der Waals surface area contributed by atoms with Crippen LogP contribution in [0.3, 0.4) is 0 Å². The molecule has 2 aliphatic rings. The number of carbonyl (C=O) groups excluding carboxylic acids is 1. The molecule has 0 bridgehead atoms. The predicted molar refractivity (Wildman–Crippen MR) is 118 cm³/mol. The van der Waals surface area contributed by atoms with Crippen LogP contribution in [0.4, 0.5) is 5.69 Å². The van der Waals surface area contributed by atoms with Crippen LogP contribution in [0.15, 0.2) is 47.0 Å². The van der Waals surface area contributed by atoms with Gasteiger partial charge in [0.2, 0.25) is 11.8 Å². The van der Waals surface area contributed by atoms with Gasteiger partial charge >= 0.3 is 0 Å². The lowest BCUT2D eigenvalue weighted by molar-refractivity contribution is -0.119. The summed E-state index contributed by atoms with van der Waals surface area (Å²) in [7, 11) is 0. The second kappa shape index (κ2) is 7.83. The Morgan fingerprint density at radius 2 is 2.09 bits per heavy atom. The maximum atomic E-state index is 11.4. The molecule has 0 unspecified atom stereocenters. The Bertz CT molecular complexity index is 1290. The number of rotatable bonds is 5. The highest BCUT2D eigenvalue weighted by Crippen LogP contribution is 2.34. The summed E-state index contributed by atoms with van der Waals surface area (Å²) in [5, 5.41) is 8.57. The number of amides is 1. The summed E-state index contributed by atoms with van der Waals surface area (Å²) in [6.07, 6.45) is 3.09. The van der Waals surface area contributed by atoms with Crippen LogP contribution in [0.1, 0.15) is 12.8 Å². The Morgan fingerprint density at radius 1 is 1.19 bits per heavy atom. The van der Waals surface area contributed by atoms with Crippen molar-refractivity contribution in [2.45, 2.75) is 18.9 Å². The fraction of sp³-hybridized carbons (Fsp3) is 0.348. The molecule has 32 heavy (non-hydrogen) atoms. The van der Waals surface area contributed by atoms with Gasteiger partial charge in [-0.05, 0) is 30.7 Å². The number of furan rings is 1. The van der Waals surface area contributed by atoms with Crippen LogP contribution in [-0.2, 0) is 9.53 Å². The summed E-state index contributed by atoms with van der Waals surface area (Å²) in [6.45, 7) is 3.57. The van der Waals surface area contributed by atoms with Gasteiger partial charge in [-0.2, -0.15) is 0 Å². The Labute approximate surface area is 183 Å². The Morgan fingerprint density at radius 3 is 2.94 bits per heavy atom. The molecule has 2 fully saturated rings. The lowest BCUT2D eigenvalue weighted by atomic mass is 10.2. The molecule has 3 aromatic heterocycles. The molecule has 164 valence electrons. The van der Waals surface area contributed by atoms with Gasteiger partial charge in [0.15, 0.2) is 11.4 Å². The van der Waals surface area contributed by atoms with Gasteiger partial charge in [-0.25, -0.2) is 9.50 Å². The number of hydrogen-bond acceptors (Lipinski definition) is 7. The summed E-state index contributed by atoms with van der Waals surface area (Å²) in [4.78, 5) is 18.2. The fourth-order valence-corrected chi connectivity index (χ4v) is 4.34. The van der Waals surface area contributed by atoms with E-state index in [-0.39, 0.29) is 11.9 Å². The molecule has 9 heteroatoms. The molecule has 1 aromatic carbocycles. The highest BCUT2D eigenvalue weighted by molar-refractivity contribution is 5.94. The number of imidazole rings is 1. The first kappa shape index (κ1) is 19.1. The predicted octanol–water partition coefficient (Wildman–Crippen LogP) is 2.64. The molecule has 1 N–H and O–H groups in total. The van der Waals surface area contributed by atoms with Gasteiger partial charge < -0.3 is 24.1 Å². The van der Waals surface area contributed by atoms with Crippen LogP contribution >= 0.6 is 0 Å². The number of benzene rings is 1. The van der Waals surface area contributed by atoms with Crippen molar-refractivity contribution in [3.63, 3.8) is 0 Å². The number of nitrogens with one attached hydrogen (secondary N) is 1. The molecule has 5 heterocycles. The van der Waals surface area contributed by atoms with Crippen molar-refractivity contribution in [1.82, 2.24) is 19.9 Å². The minimum absolute atomic E-state index is 0.0243. The molecule has 2 saturated heterocycles. The van der Waals surface area contributed by atoms with Crippen molar-refractivity contribution >= 4 is 28.2 Å². The first-order valence-corrected chi connectivity index (χ1v) is 10.9. The zero-order valence-corrected chi connectivity index (χ0v) is 17.5. The van der Waals surface area contributed by atoms with E-state index in [2.05, 4.69) is 26.4 Å². The molecule has 0 aliphatic carbocycles. The first-order valence-electron chi connectivity index (χ1n) is 10.9. The highest BCUT2D eigenvalue weighted by atomic mass is 16.5. The number of carbonyl (C=O) groups is 1. The maximum Gasteiger partial charge on any atom is 0.231 e. The highest BCUT2D eigenvalue weighted by Gasteiger charge is 2.22. The molecule has 9 nitrogen and oxygen atoms in total. The summed E-state index contributed by atoms with van der Waals surface area (Å²) < 4.78 is 19.3. The average Bonchev–Trinajstić information content (AvgIpc) is 3.55. The van der Waals surface area contributed by atoms with Crippen molar-refractivity contribution in [2.24, 2.45) is 0 Å². The van der Waals surface area contributed by atoms with Crippen LogP contribution in [0.25, 0.3) is 28.1 Å². The Kier molecular flexibility index (Phi) is 4.68. The van der Waals surface area contributed by atoms with E-state index in [1.165, 1.54) is 0 Å². The molecule has 0 radical (unpaired) electrons. The molecular weight excluding hydrogens is 410 g/mol. The van der Waals surface area contributed by atoms with Gasteiger partial charge in [-0.15, -0.1) is 5.10 Å². The number of morpholine rings is 1. The molecule has 6 rings (SSSR count). The second-order valence-electron chi connectivity index (χ2n) is 8.10. The minimum Gasteiger partial charge on any atom is -0.474 e. The molecule has 4 aromatic rings. The Hall–Kier alpha value is -3.59. The van der Waals surface area contributed by atoms with Crippen molar-refractivity contribution in [3.05, 3.63) is 42.6 Å². The van der Waals surface area contributed by atoms with Gasteiger partial charge in [0.25, 0.3) is 0 Å².